The molecule has 0 saturated heterocycles. The summed E-state index contributed by atoms with van der Waals surface area (Å²) in [5, 5.41) is 0.185. The van der Waals surface area contributed by atoms with Crippen LogP contribution in [0.3, 0.4) is 0 Å². The van der Waals surface area contributed by atoms with E-state index in [1.165, 1.54) is 17.4 Å². The van der Waals surface area contributed by atoms with Crippen molar-refractivity contribution in [3.05, 3.63) is 58.1 Å². The topological polar surface area (TPSA) is 46.6 Å². The van der Waals surface area contributed by atoms with Crippen molar-refractivity contribution in [3.63, 3.8) is 0 Å². The van der Waals surface area contributed by atoms with Gasteiger partial charge in [-0.2, -0.15) is 0 Å². The highest BCUT2D eigenvalue weighted by Gasteiger charge is 2.27. The molecule has 0 unspecified atom stereocenters. The van der Waals surface area contributed by atoms with Crippen LogP contribution < -0.4 is 9.04 Å². The molecule has 2 aromatic rings. The van der Waals surface area contributed by atoms with Gasteiger partial charge in [0.1, 0.15) is 10.6 Å². The molecule has 162 valence electrons. The van der Waals surface area contributed by atoms with Gasteiger partial charge in [0.15, 0.2) is 0 Å². The van der Waals surface area contributed by atoms with Crippen LogP contribution in [-0.2, 0) is 16.4 Å². The molecular weight excluding hydrogens is 429 g/mol. The fourth-order valence-corrected chi connectivity index (χ4v) is 4.60. The molecular formula is C22H31Cl2NO3S. The van der Waals surface area contributed by atoms with Gasteiger partial charge in [-0.05, 0) is 30.7 Å². The van der Waals surface area contributed by atoms with Crippen LogP contribution in [0.1, 0.15) is 45.7 Å². The van der Waals surface area contributed by atoms with Gasteiger partial charge in [0.2, 0.25) is 0 Å². The molecule has 0 amide bonds. The number of nitrogens with zero attached hydrogens (tertiary/aromatic N) is 1. The number of ether oxygens (including phenoxy) is 1. The summed E-state index contributed by atoms with van der Waals surface area (Å²) >= 11 is 12.1. The molecule has 2 rings (SSSR count). The van der Waals surface area contributed by atoms with Crippen LogP contribution in [0.4, 0.5) is 5.69 Å². The minimum Gasteiger partial charge on any atom is -0.496 e. The van der Waals surface area contributed by atoms with Crippen molar-refractivity contribution in [1.82, 2.24) is 0 Å². The smallest absolute Gasteiger partial charge is 0.265 e. The van der Waals surface area contributed by atoms with E-state index in [1.807, 2.05) is 34.6 Å². The molecule has 29 heavy (non-hydrogen) atoms. The van der Waals surface area contributed by atoms with Crippen LogP contribution in [-0.4, -0.2) is 22.6 Å². The highest BCUT2D eigenvalue weighted by molar-refractivity contribution is 7.93. The summed E-state index contributed by atoms with van der Waals surface area (Å²) < 4.78 is 32.6. The SMILES string of the molecule is C=Cc1c(N(C)S(=O)(=O)c2cccc(Cl)c2Cl)ccc(OC)c1CC.CC.CC. The first kappa shape index (κ1) is 27.3. The lowest BCUT2D eigenvalue weighted by atomic mass is 10.0. The molecule has 0 radical (unpaired) electrons. The second kappa shape index (κ2) is 12.8. The Bertz CT molecular complexity index is 913. The first-order valence-electron chi connectivity index (χ1n) is 9.54. The van der Waals surface area contributed by atoms with E-state index in [0.717, 1.165) is 5.56 Å². The molecule has 7 heteroatoms. The Morgan fingerprint density at radius 1 is 1.10 bits per heavy atom. The Hall–Kier alpha value is -1.69. The summed E-state index contributed by atoms with van der Waals surface area (Å²) in [5.74, 6) is 0.688. The fraction of sp³-hybridized carbons (Fsp3) is 0.364. The maximum atomic E-state index is 13.0. The Morgan fingerprint density at radius 3 is 2.17 bits per heavy atom. The monoisotopic (exact) mass is 459 g/mol. The van der Waals surface area contributed by atoms with E-state index in [2.05, 4.69) is 6.58 Å². The van der Waals surface area contributed by atoms with Gasteiger partial charge >= 0.3 is 0 Å². The Balaban J connectivity index is 0.00000184. The molecule has 0 spiro atoms. The Morgan fingerprint density at radius 2 is 1.69 bits per heavy atom. The van der Waals surface area contributed by atoms with Crippen molar-refractivity contribution >= 4 is 45.0 Å². The summed E-state index contributed by atoms with van der Waals surface area (Å²) in [5.41, 5.74) is 2.07. The molecule has 4 nitrogen and oxygen atoms in total. The molecule has 0 aromatic heterocycles. The second-order valence-corrected chi connectivity index (χ2v) is 7.98. The highest BCUT2D eigenvalue weighted by atomic mass is 35.5. The minimum absolute atomic E-state index is 0.000367. The van der Waals surface area contributed by atoms with Crippen LogP contribution in [0.5, 0.6) is 5.75 Å². The first-order valence-corrected chi connectivity index (χ1v) is 11.7. The number of halogens is 2. The summed E-state index contributed by atoms with van der Waals surface area (Å²) in [6.07, 6.45) is 2.30. The summed E-state index contributed by atoms with van der Waals surface area (Å²) in [4.78, 5) is -0.0481. The minimum atomic E-state index is -3.89. The van der Waals surface area contributed by atoms with E-state index < -0.39 is 10.0 Å². The number of methoxy groups -OCH3 is 1. The van der Waals surface area contributed by atoms with Gasteiger partial charge in [0, 0.05) is 18.2 Å². The molecule has 0 atom stereocenters. The lowest BCUT2D eigenvalue weighted by Gasteiger charge is -2.24. The lowest BCUT2D eigenvalue weighted by molar-refractivity contribution is 0.410. The van der Waals surface area contributed by atoms with Crippen LogP contribution in [0.25, 0.3) is 6.08 Å². The van der Waals surface area contributed by atoms with Crippen molar-refractivity contribution < 1.29 is 13.2 Å². The fourth-order valence-electron chi connectivity index (χ4n) is 2.65. The van der Waals surface area contributed by atoms with E-state index in [0.29, 0.717) is 23.4 Å². The number of benzene rings is 2. The van der Waals surface area contributed by atoms with Gasteiger partial charge in [-0.1, -0.05) is 76.5 Å². The highest BCUT2D eigenvalue weighted by Crippen LogP contribution is 2.36. The zero-order valence-corrected chi connectivity index (χ0v) is 20.5. The Labute approximate surface area is 186 Å². The largest absolute Gasteiger partial charge is 0.496 e. The summed E-state index contributed by atoms with van der Waals surface area (Å²) in [6.45, 7) is 13.8. The van der Waals surface area contributed by atoms with Crippen LogP contribution in [0.2, 0.25) is 10.0 Å². The zero-order valence-electron chi connectivity index (χ0n) is 18.2. The normalized spacial score (nSPS) is 10.1. The van der Waals surface area contributed by atoms with Crippen molar-refractivity contribution in [2.75, 3.05) is 18.5 Å². The van der Waals surface area contributed by atoms with Crippen molar-refractivity contribution in [2.24, 2.45) is 0 Å². The van der Waals surface area contributed by atoms with Crippen molar-refractivity contribution in [2.45, 2.75) is 45.9 Å². The van der Waals surface area contributed by atoms with Gasteiger partial charge in [-0.25, -0.2) is 8.42 Å². The van der Waals surface area contributed by atoms with E-state index in [9.17, 15) is 8.42 Å². The molecule has 2 aromatic carbocycles. The molecule has 0 aliphatic rings. The standard InChI is InChI=1S/C18H19Cl2NO3S.2C2H6/c1-5-12-13(6-2)16(24-4)11-10-15(12)21(3)25(22,23)17-9-7-8-14(19)18(17)20;2*1-2/h5,7-11H,1,6H2,2-4H3;2*1-2H3. The van der Waals surface area contributed by atoms with Crippen LogP contribution >= 0.6 is 23.2 Å². The van der Waals surface area contributed by atoms with Gasteiger partial charge < -0.3 is 4.74 Å². The summed E-state index contributed by atoms with van der Waals surface area (Å²) in [6, 6.07) is 7.95. The maximum Gasteiger partial charge on any atom is 0.265 e. The number of sulfonamides is 1. The number of hydrogen-bond acceptors (Lipinski definition) is 3. The molecule has 0 N–H and O–H groups in total. The predicted octanol–water partition coefficient (Wildman–Crippen LogP) is 7.08. The molecule has 0 saturated carbocycles. The van der Waals surface area contributed by atoms with E-state index >= 15 is 0 Å². The van der Waals surface area contributed by atoms with E-state index in [1.54, 1.807) is 37.5 Å². The lowest BCUT2D eigenvalue weighted by Crippen LogP contribution is -2.27. The number of hydrogen-bond donors (Lipinski definition) is 0. The molecule has 0 aliphatic heterocycles. The van der Waals surface area contributed by atoms with Gasteiger partial charge in [0.25, 0.3) is 10.0 Å². The molecule has 0 aliphatic carbocycles. The molecule has 0 bridgehead atoms. The Kier molecular flexibility index (Phi) is 12.0. The first-order chi connectivity index (χ1) is 13.8. The number of rotatable bonds is 6. The van der Waals surface area contributed by atoms with Gasteiger partial charge in [0.05, 0.1) is 22.8 Å². The van der Waals surface area contributed by atoms with Gasteiger partial charge in [-0.15, -0.1) is 0 Å². The third-order valence-electron chi connectivity index (χ3n) is 3.96. The third-order valence-corrected chi connectivity index (χ3v) is 6.71. The summed E-state index contributed by atoms with van der Waals surface area (Å²) in [7, 11) is -0.844. The van der Waals surface area contributed by atoms with Crippen molar-refractivity contribution in [1.29, 1.82) is 0 Å². The van der Waals surface area contributed by atoms with Gasteiger partial charge in [-0.3, -0.25) is 4.31 Å². The maximum absolute atomic E-state index is 13.0. The van der Waals surface area contributed by atoms with Crippen LogP contribution in [0, 0.1) is 0 Å². The molecule has 0 heterocycles. The van der Waals surface area contributed by atoms with E-state index in [4.69, 9.17) is 27.9 Å². The zero-order chi connectivity index (χ0) is 22.8. The predicted molar refractivity (Wildman–Crippen MR) is 127 cm³/mol. The van der Waals surface area contributed by atoms with Crippen molar-refractivity contribution in [3.8, 4) is 5.75 Å². The average molecular weight is 460 g/mol. The quantitative estimate of drug-likeness (QED) is 0.463. The number of anilines is 1. The third kappa shape index (κ3) is 5.91. The second-order valence-electron chi connectivity index (χ2n) is 5.26. The average Bonchev–Trinajstić information content (AvgIpc) is 2.76. The molecule has 0 fully saturated rings. The van der Waals surface area contributed by atoms with E-state index in [-0.39, 0.29) is 14.9 Å². The van der Waals surface area contributed by atoms with Crippen LogP contribution in [0.15, 0.2) is 41.8 Å².